The second kappa shape index (κ2) is 4.10. The Kier molecular flexibility index (Phi) is 2.81. The second-order valence-electron chi connectivity index (χ2n) is 3.30. The van der Waals surface area contributed by atoms with E-state index in [1.807, 2.05) is 0 Å². The van der Waals surface area contributed by atoms with E-state index in [1.165, 1.54) is 6.07 Å². The van der Waals surface area contributed by atoms with Crippen LogP contribution in [0.3, 0.4) is 0 Å². The van der Waals surface area contributed by atoms with Crippen LogP contribution in [0.4, 0.5) is 3.89 Å². The Morgan fingerprint density at radius 3 is 3.07 bits per heavy atom. The minimum atomic E-state index is -0.888. The summed E-state index contributed by atoms with van der Waals surface area (Å²) in [4.78, 5) is 11.4. The van der Waals surface area contributed by atoms with Crippen molar-refractivity contribution in [3.63, 3.8) is 0 Å². The lowest BCUT2D eigenvalue weighted by Crippen LogP contribution is -2.20. The summed E-state index contributed by atoms with van der Waals surface area (Å²) in [6, 6.07) is 4.73. The van der Waals surface area contributed by atoms with Crippen LogP contribution in [0.5, 0.6) is 5.75 Å². The normalized spacial score (nSPS) is 19.1. The molecule has 0 radical (unpaired) electrons. The van der Waals surface area contributed by atoms with Crippen molar-refractivity contribution in [2.75, 3.05) is 6.61 Å². The van der Waals surface area contributed by atoms with Crippen molar-refractivity contribution in [2.24, 2.45) is 0 Å². The molecule has 1 aliphatic heterocycles. The molecule has 2 rings (SSSR count). The molecular formula is C10H9FO3S. The zero-order valence-corrected chi connectivity index (χ0v) is 8.59. The number of rotatable bonds is 2. The van der Waals surface area contributed by atoms with Crippen molar-refractivity contribution in [1.82, 2.24) is 0 Å². The molecular weight excluding hydrogens is 219 g/mol. The van der Waals surface area contributed by atoms with E-state index in [4.69, 9.17) is 9.84 Å². The predicted octanol–water partition coefficient (Wildman–Crippen LogP) is 2.61. The summed E-state index contributed by atoms with van der Waals surface area (Å²) in [5, 5.41) is 8.99. The number of hydrogen-bond donors (Lipinski definition) is 1. The monoisotopic (exact) mass is 228 g/mol. The van der Waals surface area contributed by atoms with E-state index < -0.39 is 11.9 Å². The van der Waals surface area contributed by atoms with Gasteiger partial charge in [0.2, 0.25) is 0 Å². The van der Waals surface area contributed by atoms with Gasteiger partial charge in [0.15, 0.2) is 0 Å². The van der Waals surface area contributed by atoms with Crippen LogP contribution < -0.4 is 4.74 Å². The van der Waals surface area contributed by atoms with Crippen molar-refractivity contribution < 1.29 is 18.5 Å². The molecule has 0 bridgehead atoms. The second-order valence-corrected chi connectivity index (χ2v) is 3.93. The van der Waals surface area contributed by atoms with Gasteiger partial charge in [0.05, 0.1) is 24.7 Å². The molecule has 1 aromatic rings. The molecule has 0 amide bonds. The van der Waals surface area contributed by atoms with Crippen molar-refractivity contribution in [3.05, 3.63) is 23.8 Å². The van der Waals surface area contributed by atoms with E-state index >= 15 is 0 Å². The van der Waals surface area contributed by atoms with E-state index in [2.05, 4.69) is 0 Å². The molecule has 1 unspecified atom stereocenters. The smallest absolute Gasteiger partial charge is 0.311 e. The lowest BCUT2D eigenvalue weighted by Gasteiger charge is -2.23. The van der Waals surface area contributed by atoms with Crippen molar-refractivity contribution in [2.45, 2.75) is 17.2 Å². The van der Waals surface area contributed by atoms with Crippen LogP contribution in [0.1, 0.15) is 17.9 Å². The van der Waals surface area contributed by atoms with Crippen LogP contribution in [0.15, 0.2) is 23.1 Å². The Balaban J connectivity index is 2.43. The average Bonchev–Trinajstić information content (AvgIpc) is 2.27. The maximum atomic E-state index is 12.4. The summed E-state index contributed by atoms with van der Waals surface area (Å²) < 4.78 is 17.7. The van der Waals surface area contributed by atoms with Crippen LogP contribution in [0, 0.1) is 0 Å². The van der Waals surface area contributed by atoms with Gasteiger partial charge >= 0.3 is 5.97 Å². The van der Waals surface area contributed by atoms with Gasteiger partial charge in [-0.25, -0.2) is 0 Å². The van der Waals surface area contributed by atoms with Gasteiger partial charge in [-0.05, 0) is 24.6 Å². The number of aliphatic carboxylic acids is 1. The number of hydrogen-bond acceptors (Lipinski definition) is 3. The molecule has 0 aromatic heterocycles. The number of fused-ring (bicyclic) bond motifs is 1. The van der Waals surface area contributed by atoms with Gasteiger partial charge < -0.3 is 9.84 Å². The lowest BCUT2D eigenvalue weighted by atomic mass is 9.93. The Morgan fingerprint density at radius 2 is 2.40 bits per heavy atom. The van der Waals surface area contributed by atoms with Gasteiger partial charge in [0, 0.05) is 10.5 Å². The Hall–Kier alpha value is -1.23. The van der Waals surface area contributed by atoms with Crippen molar-refractivity contribution in [3.8, 4) is 5.75 Å². The maximum absolute atomic E-state index is 12.4. The SMILES string of the molecule is O=C(O)C1CCOc2ccc(SF)cc21. The van der Waals surface area contributed by atoms with Crippen LogP contribution in [-0.2, 0) is 4.79 Å². The summed E-state index contributed by atoms with van der Waals surface area (Å²) in [6.07, 6.45) is 0.433. The molecule has 80 valence electrons. The Labute approximate surface area is 90.5 Å². The predicted molar refractivity (Wildman–Crippen MR) is 53.9 cm³/mol. The first-order chi connectivity index (χ1) is 7.22. The molecule has 0 spiro atoms. The first kappa shape index (κ1) is 10.3. The Morgan fingerprint density at radius 1 is 1.60 bits per heavy atom. The summed E-state index contributed by atoms with van der Waals surface area (Å²) in [5.41, 5.74) is 0.566. The highest BCUT2D eigenvalue weighted by atomic mass is 32.2. The van der Waals surface area contributed by atoms with Gasteiger partial charge in [0.25, 0.3) is 0 Å². The molecule has 0 fully saturated rings. The molecule has 15 heavy (non-hydrogen) atoms. The molecule has 1 N–H and O–H groups in total. The number of carbonyl (C=O) groups is 1. The minimum Gasteiger partial charge on any atom is -0.493 e. The molecule has 0 saturated heterocycles. The summed E-state index contributed by atoms with van der Waals surface area (Å²) in [5.74, 6) is -0.923. The van der Waals surface area contributed by atoms with Gasteiger partial charge in [-0.1, -0.05) is 0 Å². The quantitative estimate of drug-likeness (QED) is 0.845. The van der Waals surface area contributed by atoms with Crippen LogP contribution >= 0.6 is 12.1 Å². The molecule has 1 aromatic carbocycles. The number of carboxylic acids is 1. The lowest BCUT2D eigenvalue weighted by molar-refractivity contribution is -0.139. The third-order valence-corrected chi connectivity index (χ3v) is 2.84. The third-order valence-electron chi connectivity index (χ3n) is 2.41. The maximum Gasteiger partial charge on any atom is 0.311 e. The van der Waals surface area contributed by atoms with Gasteiger partial charge in [0.1, 0.15) is 5.75 Å². The fraction of sp³-hybridized carbons (Fsp3) is 0.300. The first-order valence-electron chi connectivity index (χ1n) is 4.50. The first-order valence-corrected chi connectivity index (χ1v) is 5.22. The van der Waals surface area contributed by atoms with E-state index in [0.29, 0.717) is 29.2 Å². The number of carboxylic acid groups (broad SMARTS) is 1. The van der Waals surface area contributed by atoms with E-state index in [9.17, 15) is 8.68 Å². The highest BCUT2D eigenvalue weighted by Crippen LogP contribution is 2.36. The minimum absolute atomic E-state index is 0.107. The molecule has 5 heteroatoms. The Bertz CT molecular complexity index is 394. The molecule has 1 aliphatic rings. The standard InChI is InChI=1S/C10H9FO3S/c11-15-6-1-2-9-8(5-6)7(10(12)13)3-4-14-9/h1-2,5,7H,3-4H2,(H,12,13). The van der Waals surface area contributed by atoms with E-state index in [0.717, 1.165) is 0 Å². The van der Waals surface area contributed by atoms with Crippen LogP contribution in [0.25, 0.3) is 0 Å². The summed E-state index contributed by atoms with van der Waals surface area (Å²) in [6.45, 7) is 0.395. The van der Waals surface area contributed by atoms with Gasteiger partial charge in [-0.15, -0.1) is 0 Å². The number of benzene rings is 1. The average molecular weight is 228 g/mol. The zero-order valence-electron chi connectivity index (χ0n) is 7.77. The summed E-state index contributed by atoms with van der Waals surface area (Å²) >= 11 is 0.107. The fourth-order valence-electron chi connectivity index (χ4n) is 1.68. The van der Waals surface area contributed by atoms with Crippen molar-refractivity contribution in [1.29, 1.82) is 0 Å². The van der Waals surface area contributed by atoms with Crippen LogP contribution in [-0.4, -0.2) is 17.7 Å². The number of ether oxygens (including phenoxy) is 1. The van der Waals surface area contributed by atoms with Gasteiger partial charge in [-0.2, -0.15) is 3.89 Å². The van der Waals surface area contributed by atoms with Crippen LogP contribution in [0.2, 0.25) is 0 Å². The fourth-order valence-corrected chi connectivity index (χ4v) is 1.97. The summed E-state index contributed by atoms with van der Waals surface area (Å²) in [7, 11) is 0. The zero-order chi connectivity index (χ0) is 10.8. The van der Waals surface area contributed by atoms with Gasteiger partial charge in [-0.3, -0.25) is 4.79 Å². The largest absolute Gasteiger partial charge is 0.493 e. The molecule has 0 saturated carbocycles. The number of halogens is 1. The molecule has 3 nitrogen and oxygen atoms in total. The highest BCUT2D eigenvalue weighted by molar-refractivity contribution is 7.94. The topological polar surface area (TPSA) is 46.5 Å². The van der Waals surface area contributed by atoms with Crippen molar-refractivity contribution >= 4 is 18.1 Å². The molecule has 0 aliphatic carbocycles. The third kappa shape index (κ3) is 1.92. The highest BCUT2D eigenvalue weighted by Gasteiger charge is 2.27. The van der Waals surface area contributed by atoms with E-state index in [-0.39, 0.29) is 12.1 Å². The molecule has 1 heterocycles. The van der Waals surface area contributed by atoms with E-state index in [1.54, 1.807) is 12.1 Å². The molecule has 1 atom stereocenters.